The Labute approximate surface area is 195 Å². The normalized spacial score (nSPS) is 18.6. The fourth-order valence-corrected chi connectivity index (χ4v) is 6.06. The Bertz CT molecular complexity index is 1340. The highest BCUT2D eigenvalue weighted by Crippen LogP contribution is 2.49. The molecule has 1 atom stereocenters. The van der Waals surface area contributed by atoms with Crippen molar-refractivity contribution in [3.63, 3.8) is 0 Å². The van der Waals surface area contributed by atoms with Gasteiger partial charge in [0.05, 0.1) is 32.5 Å². The third kappa shape index (κ3) is 3.32. The second-order valence-electron chi connectivity index (χ2n) is 9.25. The van der Waals surface area contributed by atoms with Crippen LogP contribution in [0.25, 0.3) is 16.5 Å². The number of nitrogens with zero attached hydrogens (tertiary/aromatic N) is 2. The molecule has 33 heavy (non-hydrogen) atoms. The average Bonchev–Trinajstić information content (AvgIpc) is 3.29. The van der Waals surface area contributed by atoms with Crippen LogP contribution in [0.15, 0.2) is 47.5 Å². The van der Waals surface area contributed by atoms with E-state index in [0.29, 0.717) is 13.1 Å². The first-order valence-electron chi connectivity index (χ1n) is 11.3. The molecule has 3 aromatic rings. The van der Waals surface area contributed by atoms with Crippen molar-refractivity contribution in [2.45, 2.75) is 37.5 Å². The van der Waals surface area contributed by atoms with E-state index in [1.54, 1.807) is 6.26 Å². The molecule has 0 spiro atoms. The number of amides is 1. The van der Waals surface area contributed by atoms with Gasteiger partial charge in [-0.1, -0.05) is 6.08 Å². The lowest BCUT2D eigenvalue weighted by molar-refractivity contribution is -0.122. The van der Waals surface area contributed by atoms with Gasteiger partial charge in [-0.25, -0.2) is 4.39 Å². The Morgan fingerprint density at radius 3 is 2.67 bits per heavy atom. The molecule has 0 fully saturated rings. The maximum Gasteiger partial charge on any atom is 0.237 e. The number of aromatic nitrogens is 1. The lowest BCUT2D eigenvalue weighted by Gasteiger charge is -2.33. The number of halogens is 1. The molecular formula is C26H28FN3O2S. The SMILES string of the molecule is CCN1C(=O)C(C)(C)c2c1ccc(S(C)=O)c2N1CC=C(c2c[nH]c3cc(F)ccc23)CC1. The zero-order valence-corrected chi connectivity index (χ0v) is 20.2. The Morgan fingerprint density at radius 2 is 2.00 bits per heavy atom. The zero-order valence-electron chi connectivity index (χ0n) is 19.4. The highest BCUT2D eigenvalue weighted by atomic mass is 32.2. The molecule has 7 heteroatoms. The number of anilines is 2. The summed E-state index contributed by atoms with van der Waals surface area (Å²) in [7, 11) is -1.18. The van der Waals surface area contributed by atoms with Crippen LogP contribution >= 0.6 is 0 Å². The van der Waals surface area contributed by atoms with Crippen molar-refractivity contribution in [3.05, 3.63) is 59.5 Å². The first-order valence-corrected chi connectivity index (χ1v) is 12.8. The van der Waals surface area contributed by atoms with E-state index in [-0.39, 0.29) is 11.7 Å². The van der Waals surface area contributed by atoms with Crippen molar-refractivity contribution in [1.82, 2.24) is 4.98 Å². The number of aromatic amines is 1. The number of carbonyl (C=O) groups excluding carboxylic acids is 1. The summed E-state index contributed by atoms with van der Waals surface area (Å²) >= 11 is 0. The summed E-state index contributed by atoms with van der Waals surface area (Å²) in [5.74, 6) is -0.171. The van der Waals surface area contributed by atoms with Crippen LogP contribution in [-0.2, 0) is 21.0 Å². The first-order chi connectivity index (χ1) is 15.7. The third-order valence-electron chi connectivity index (χ3n) is 6.96. The molecule has 0 saturated heterocycles. The maximum atomic E-state index is 13.6. The van der Waals surface area contributed by atoms with Crippen molar-refractivity contribution < 1.29 is 13.4 Å². The summed E-state index contributed by atoms with van der Waals surface area (Å²) in [6.45, 7) is 7.92. The van der Waals surface area contributed by atoms with E-state index in [1.165, 1.54) is 17.7 Å². The molecule has 0 bridgehead atoms. The molecule has 2 aliphatic rings. The molecule has 0 radical (unpaired) electrons. The van der Waals surface area contributed by atoms with E-state index in [9.17, 15) is 13.4 Å². The standard InChI is InChI=1S/C26H28FN3O2S/c1-5-30-21-8-9-22(33(4)32)24(23(21)26(2,3)25(30)31)29-12-10-16(11-13-29)19-15-28-20-14-17(27)6-7-18(19)20/h6-10,14-15,28H,5,11-13H2,1-4H3. The molecular weight excluding hydrogens is 437 g/mol. The van der Waals surface area contributed by atoms with Gasteiger partial charge in [0.1, 0.15) is 5.82 Å². The molecule has 0 aliphatic carbocycles. The van der Waals surface area contributed by atoms with Gasteiger partial charge >= 0.3 is 0 Å². The molecule has 5 nitrogen and oxygen atoms in total. The fourth-order valence-electron chi connectivity index (χ4n) is 5.30. The number of nitrogens with one attached hydrogen (secondary N) is 1. The highest BCUT2D eigenvalue weighted by Gasteiger charge is 2.46. The Kier molecular flexibility index (Phi) is 5.20. The van der Waals surface area contributed by atoms with Gasteiger partial charge in [-0.2, -0.15) is 0 Å². The summed E-state index contributed by atoms with van der Waals surface area (Å²) < 4.78 is 26.3. The second-order valence-corrected chi connectivity index (χ2v) is 10.6. The number of hydrogen-bond acceptors (Lipinski definition) is 3. The lowest BCUT2D eigenvalue weighted by atomic mass is 9.84. The maximum absolute atomic E-state index is 13.6. The molecule has 0 saturated carbocycles. The number of hydrogen-bond donors (Lipinski definition) is 1. The minimum Gasteiger partial charge on any atom is -0.366 e. The number of H-pyrrole nitrogens is 1. The number of benzene rings is 2. The van der Waals surface area contributed by atoms with E-state index in [0.717, 1.165) is 51.3 Å². The Balaban J connectivity index is 1.57. The lowest BCUT2D eigenvalue weighted by Crippen LogP contribution is -2.37. The van der Waals surface area contributed by atoms with Crippen LogP contribution in [0, 0.1) is 5.82 Å². The van der Waals surface area contributed by atoms with Crippen molar-refractivity contribution in [2.24, 2.45) is 0 Å². The minimum absolute atomic E-state index is 0.0829. The van der Waals surface area contributed by atoms with E-state index in [2.05, 4.69) is 16.0 Å². The van der Waals surface area contributed by atoms with Gasteiger partial charge in [0.15, 0.2) is 0 Å². The van der Waals surface area contributed by atoms with Crippen molar-refractivity contribution in [3.8, 4) is 0 Å². The number of likely N-dealkylation sites (N-methyl/N-ethyl adjacent to an activating group) is 1. The zero-order chi connectivity index (χ0) is 23.5. The predicted molar refractivity (Wildman–Crippen MR) is 133 cm³/mol. The smallest absolute Gasteiger partial charge is 0.237 e. The van der Waals surface area contributed by atoms with E-state index < -0.39 is 16.2 Å². The van der Waals surface area contributed by atoms with Crippen LogP contribution < -0.4 is 9.80 Å². The number of rotatable bonds is 4. The molecule has 2 aliphatic heterocycles. The van der Waals surface area contributed by atoms with Crippen molar-refractivity contribution >= 4 is 44.6 Å². The Morgan fingerprint density at radius 1 is 1.21 bits per heavy atom. The molecule has 1 aromatic heterocycles. The molecule has 1 amide bonds. The van der Waals surface area contributed by atoms with Gasteiger partial charge in [0.25, 0.3) is 0 Å². The van der Waals surface area contributed by atoms with Gasteiger partial charge < -0.3 is 14.8 Å². The summed E-state index contributed by atoms with van der Waals surface area (Å²) in [5, 5.41) is 1.01. The van der Waals surface area contributed by atoms with Gasteiger partial charge in [0, 0.05) is 54.1 Å². The van der Waals surface area contributed by atoms with Gasteiger partial charge in [-0.05, 0) is 63.1 Å². The van der Waals surface area contributed by atoms with Crippen LogP contribution in [0.3, 0.4) is 0 Å². The van der Waals surface area contributed by atoms with Crippen LogP contribution in [0.1, 0.15) is 38.3 Å². The molecule has 172 valence electrons. The summed E-state index contributed by atoms with van der Waals surface area (Å²) in [5.41, 5.74) is 5.24. The topological polar surface area (TPSA) is 56.4 Å². The second kappa shape index (κ2) is 7.83. The van der Waals surface area contributed by atoms with Crippen LogP contribution in [-0.4, -0.2) is 41.0 Å². The average molecular weight is 466 g/mol. The summed E-state index contributed by atoms with van der Waals surface area (Å²) in [4.78, 5) is 21.2. The molecule has 1 unspecified atom stereocenters. The monoisotopic (exact) mass is 465 g/mol. The van der Waals surface area contributed by atoms with E-state index in [4.69, 9.17) is 0 Å². The summed E-state index contributed by atoms with van der Waals surface area (Å²) in [6.07, 6.45) is 6.64. The molecule has 3 heterocycles. The first kappa shape index (κ1) is 21.9. The van der Waals surface area contributed by atoms with Crippen LogP contribution in [0.5, 0.6) is 0 Å². The molecule has 5 rings (SSSR count). The minimum atomic E-state index is -1.18. The van der Waals surface area contributed by atoms with E-state index >= 15 is 0 Å². The largest absolute Gasteiger partial charge is 0.366 e. The Hall–Kier alpha value is -2.93. The predicted octanol–water partition coefficient (Wildman–Crippen LogP) is 4.98. The quantitative estimate of drug-likeness (QED) is 0.591. The van der Waals surface area contributed by atoms with Crippen LogP contribution in [0.2, 0.25) is 0 Å². The summed E-state index contributed by atoms with van der Waals surface area (Å²) in [6, 6.07) is 8.68. The van der Waals surface area contributed by atoms with E-state index in [1.807, 2.05) is 50.1 Å². The third-order valence-corrected chi connectivity index (χ3v) is 7.90. The van der Waals surface area contributed by atoms with Crippen molar-refractivity contribution in [1.29, 1.82) is 0 Å². The number of fused-ring (bicyclic) bond motifs is 2. The van der Waals surface area contributed by atoms with Crippen molar-refractivity contribution in [2.75, 3.05) is 35.7 Å². The van der Waals surface area contributed by atoms with Gasteiger partial charge in [-0.3, -0.25) is 9.00 Å². The van der Waals surface area contributed by atoms with Gasteiger partial charge in [0.2, 0.25) is 5.91 Å². The van der Waals surface area contributed by atoms with Gasteiger partial charge in [-0.15, -0.1) is 0 Å². The number of carbonyl (C=O) groups is 1. The highest BCUT2D eigenvalue weighted by molar-refractivity contribution is 7.84. The molecule has 2 aromatic carbocycles. The fraction of sp³-hybridized carbons (Fsp3) is 0.346. The van der Waals surface area contributed by atoms with Crippen LogP contribution in [0.4, 0.5) is 15.8 Å². The molecule has 1 N–H and O–H groups in total.